The van der Waals surface area contributed by atoms with Crippen LogP contribution >= 0.6 is 0 Å². The number of amides is 1. The number of hydrogen-bond acceptors (Lipinski definition) is 9. The maximum Gasteiger partial charge on any atom is 0.509 e. The Balaban J connectivity index is 1.62. The summed E-state index contributed by atoms with van der Waals surface area (Å²) in [6.45, 7) is 4.89. The molecule has 0 spiro atoms. The van der Waals surface area contributed by atoms with Gasteiger partial charge in [0.15, 0.2) is 6.10 Å². The minimum Gasteiger partial charge on any atom is -0.461 e. The minimum absolute atomic E-state index is 0.0458. The number of hydrogen-bond donors (Lipinski definition) is 1. The molecular weight excluding hydrogens is 398 g/mol. The Morgan fingerprint density at radius 1 is 1.13 bits per heavy atom. The van der Waals surface area contributed by atoms with Gasteiger partial charge in [0, 0.05) is 25.5 Å². The summed E-state index contributed by atoms with van der Waals surface area (Å²) in [6.07, 6.45) is -3.87. The lowest BCUT2D eigenvalue weighted by molar-refractivity contribution is -0.282. The second kappa shape index (κ2) is 7.29. The first-order valence-corrected chi connectivity index (χ1v) is 9.28. The topological polar surface area (TPSA) is 123 Å². The second-order valence-electron chi connectivity index (χ2n) is 7.61. The Morgan fingerprint density at radius 2 is 1.87 bits per heavy atom. The van der Waals surface area contributed by atoms with Gasteiger partial charge in [-0.25, -0.2) is 9.59 Å². The Hall–Kier alpha value is -3.11. The van der Waals surface area contributed by atoms with Gasteiger partial charge in [-0.2, -0.15) is 0 Å². The highest BCUT2D eigenvalue weighted by atomic mass is 16.8. The van der Waals surface area contributed by atoms with Crippen molar-refractivity contribution in [2.75, 3.05) is 12.4 Å². The monoisotopic (exact) mass is 419 g/mol. The van der Waals surface area contributed by atoms with Gasteiger partial charge in [-0.1, -0.05) is 0 Å². The molecule has 2 fully saturated rings. The maximum atomic E-state index is 12.1. The van der Waals surface area contributed by atoms with Gasteiger partial charge < -0.3 is 33.4 Å². The van der Waals surface area contributed by atoms with Crippen molar-refractivity contribution in [1.82, 2.24) is 0 Å². The third kappa shape index (κ3) is 3.59. The zero-order valence-corrected chi connectivity index (χ0v) is 16.8. The average Bonchev–Trinajstić information content (AvgIpc) is 3.03. The fourth-order valence-corrected chi connectivity index (χ4v) is 3.74. The van der Waals surface area contributed by atoms with Crippen molar-refractivity contribution in [3.8, 4) is 5.75 Å². The Kier molecular flexibility index (Phi) is 4.91. The van der Waals surface area contributed by atoms with E-state index in [-0.39, 0.29) is 17.2 Å². The Bertz CT molecular complexity index is 1060. The van der Waals surface area contributed by atoms with Crippen molar-refractivity contribution in [2.24, 2.45) is 0 Å². The van der Waals surface area contributed by atoms with Gasteiger partial charge >= 0.3 is 11.8 Å². The van der Waals surface area contributed by atoms with Gasteiger partial charge in [0.25, 0.3) is 0 Å². The molecule has 4 atom stereocenters. The van der Waals surface area contributed by atoms with Crippen molar-refractivity contribution < 1.29 is 37.7 Å². The molecule has 4 rings (SSSR count). The third-order valence-corrected chi connectivity index (χ3v) is 4.98. The number of carbonyl (C=O) groups is 2. The zero-order chi connectivity index (χ0) is 21.6. The average molecular weight is 419 g/mol. The molecule has 0 radical (unpaired) electrons. The molecule has 2 aromatic rings. The van der Waals surface area contributed by atoms with E-state index >= 15 is 0 Å². The smallest absolute Gasteiger partial charge is 0.461 e. The number of fused-ring (bicyclic) bond motifs is 2. The number of nitrogens with one attached hydrogen (secondary N) is 1. The summed E-state index contributed by atoms with van der Waals surface area (Å²) in [5.41, 5.74) is -1.21. The fourth-order valence-electron chi connectivity index (χ4n) is 3.74. The van der Waals surface area contributed by atoms with E-state index in [1.807, 2.05) is 0 Å². The number of benzene rings is 1. The van der Waals surface area contributed by atoms with Crippen LogP contribution in [0.25, 0.3) is 11.0 Å². The highest BCUT2D eigenvalue weighted by molar-refractivity contribution is 5.91. The van der Waals surface area contributed by atoms with Crippen molar-refractivity contribution in [3.05, 3.63) is 34.7 Å². The van der Waals surface area contributed by atoms with Gasteiger partial charge in [-0.3, -0.25) is 4.79 Å². The predicted molar refractivity (Wildman–Crippen MR) is 102 cm³/mol. The van der Waals surface area contributed by atoms with Crippen LogP contribution in [0.2, 0.25) is 0 Å². The first-order valence-electron chi connectivity index (χ1n) is 9.28. The maximum absolute atomic E-state index is 12.1. The largest absolute Gasteiger partial charge is 0.509 e. The van der Waals surface area contributed by atoms with E-state index < -0.39 is 42.0 Å². The van der Waals surface area contributed by atoms with E-state index in [0.717, 1.165) is 0 Å². The van der Waals surface area contributed by atoms with E-state index in [2.05, 4.69) is 5.32 Å². The molecule has 1 aromatic carbocycles. The van der Waals surface area contributed by atoms with Crippen LogP contribution in [-0.4, -0.2) is 49.4 Å². The van der Waals surface area contributed by atoms with E-state index in [1.54, 1.807) is 26.0 Å². The number of ether oxygens (including phenoxy) is 5. The van der Waals surface area contributed by atoms with Gasteiger partial charge in [0.05, 0.1) is 5.60 Å². The summed E-state index contributed by atoms with van der Waals surface area (Å²) in [5, 5.41) is 3.01. The van der Waals surface area contributed by atoms with Crippen LogP contribution in [0.3, 0.4) is 0 Å². The highest BCUT2D eigenvalue weighted by Gasteiger charge is 2.58. The van der Waals surface area contributed by atoms with Gasteiger partial charge in [0.2, 0.25) is 18.3 Å². The summed E-state index contributed by atoms with van der Waals surface area (Å²) >= 11 is 0. The summed E-state index contributed by atoms with van der Waals surface area (Å²) in [5.74, 6) is -0.0489. The van der Waals surface area contributed by atoms with Crippen LogP contribution in [0.4, 0.5) is 10.5 Å². The molecule has 2 saturated heterocycles. The van der Waals surface area contributed by atoms with E-state index in [4.69, 9.17) is 28.1 Å². The van der Waals surface area contributed by atoms with Crippen molar-refractivity contribution in [1.29, 1.82) is 0 Å². The molecule has 1 aromatic heterocycles. The first kappa shape index (κ1) is 20.2. The van der Waals surface area contributed by atoms with Crippen LogP contribution in [0, 0.1) is 0 Å². The van der Waals surface area contributed by atoms with Gasteiger partial charge in [0.1, 0.15) is 23.1 Å². The molecule has 160 valence electrons. The first-order chi connectivity index (χ1) is 14.2. The Morgan fingerprint density at radius 3 is 2.57 bits per heavy atom. The molecule has 10 nitrogen and oxygen atoms in total. The lowest BCUT2D eigenvalue weighted by Crippen LogP contribution is -2.62. The second-order valence-corrected chi connectivity index (χ2v) is 7.61. The fraction of sp³-hybridized carbons (Fsp3) is 0.450. The predicted octanol–water partition coefficient (Wildman–Crippen LogP) is 2.18. The molecule has 2 aliphatic rings. The molecular formula is C20H21NO9. The van der Waals surface area contributed by atoms with Crippen molar-refractivity contribution >= 4 is 28.7 Å². The van der Waals surface area contributed by atoms with Crippen LogP contribution < -0.4 is 15.7 Å². The van der Waals surface area contributed by atoms with Crippen molar-refractivity contribution in [2.45, 2.75) is 51.0 Å². The highest BCUT2D eigenvalue weighted by Crippen LogP contribution is 2.38. The molecule has 3 heterocycles. The lowest BCUT2D eigenvalue weighted by Gasteiger charge is -2.45. The molecule has 0 saturated carbocycles. The molecule has 0 bridgehead atoms. The quantitative estimate of drug-likeness (QED) is 0.587. The number of rotatable bonds is 4. The van der Waals surface area contributed by atoms with Crippen molar-refractivity contribution in [3.63, 3.8) is 0 Å². The molecule has 0 aliphatic carbocycles. The summed E-state index contributed by atoms with van der Waals surface area (Å²) in [7, 11) is 1.50. The molecule has 2 aliphatic heterocycles. The van der Waals surface area contributed by atoms with E-state index in [1.165, 1.54) is 26.2 Å². The zero-order valence-electron chi connectivity index (χ0n) is 16.8. The van der Waals surface area contributed by atoms with Crippen LogP contribution in [-0.2, 0) is 23.7 Å². The van der Waals surface area contributed by atoms with Crippen LogP contribution in [0.15, 0.2) is 33.5 Å². The number of methoxy groups -OCH3 is 1. The third-order valence-electron chi connectivity index (χ3n) is 4.98. The van der Waals surface area contributed by atoms with Gasteiger partial charge in [-0.05, 0) is 32.0 Å². The normalized spacial score (nSPS) is 27.1. The van der Waals surface area contributed by atoms with Gasteiger partial charge in [-0.15, -0.1) is 0 Å². The SMILES string of the molecule is CO[C@@H]1[C@H]2OC(=O)O[C@H]2[C@H](Oc2ccc3cc(NC(C)=O)c(=O)oc3c2)OC1(C)C. The van der Waals surface area contributed by atoms with E-state index in [9.17, 15) is 14.4 Å². The van der Waals surface area contributed by atoms with Crippen LogP contribution in [0.1, 0.15) is 20.8 Å². The summed E-state index contributed by atoms with van der Waals surface area (Å²) in [4.78, 5) is 35.0. The molecule has 0 unspecified atom stereocenters. The molecule has 1 amide bonds. The molecule has 1 N–H and O–H groups in total. The Labute approximate surface area is 171 Å². The molecule has 10 heteroatoms. The summed E-state index contributed by atoms with van der Waals surface area (Å²) < 4.78 is 33.2. The minimum atomic E-state index is -0.967. The molecule has 30 heavy (non-hydrogen) atoms. The number of anilines is 1. The standard InChI is InChI=1S/C20H21NO9/c1-9(22)21-12-7-10-5-6-11(8-13(10)27-17(12)23)26-18-15-14(28-19(24)29-15)16(25-4)20(2,3)30-18/h5-8,14-16,18H,1-4H3,(H,21,22)/t14-,15+,16+,18+/m0/s1. The lowest BCUT2D eigenvalue weighted by atomic mass is 9.89. The number of carbonyl (C=O) groups excluding carboxylic acids is 2. The summed E-state index contributed by atoms with van der Waals surface area (Å²) in [6, 6.07) is 6.34. The van der Waals surface area contributed by atoms with Crippen LogP contribution in [0.5, 0.6) is 5.75 Å². The van der Waals surface area contributed by atoms with E-state index in [0.29, 0.717) is 11.1 Å².